The summed E-state index contributed by atoms with van der Waals surface area (Å²) in [6.45, 7) is 8.29. The average molecular weight is 803 g/mol. The second-order valence-corrected chi connectivity index (χ2v) is 18.6. The molecule has 3 aliphatic heterocycles. The number of hydrogen-bond donors (Lipinski definition) is 3. The number of aromatic amines is 1. The fourth-order valence-corrected chi connectivity index (χ4v) is 11.0. The molecular formula is C46H54N6O5S. The number of ether oxygens (including phenoxy) is 2. The third-order valence-electron chi connectivity index (χ3n) is 13.1. The first-order chi connectivity index (χ1) is 28.2. The van der Waals surface area contributed by atoms with Crippen molar-refractivity contribution in [3.8, 4) is 11.5 Å². The standard InChI is InChI=1S/C46H54N6O5S/c1-32-25-39(10-12-41(32)48-28-33-16-23-56-24-17-33)58(54,55)50-45(53)40-11-9-37(27-42(40)57-38-26-36-13-20-47-44(36)49-29-38)51-21-14-34(15-22-51)30-52-31-46(18-5-6-19-46)43(52)35-7-3-2-4-8-35/h2-4,7-13,20,25-27,29,33-34,43,48H,5-6,14-19,21-24,28,30-31H2,1H3,(H,47,49)(H,50,53). The smallest absolute Gasteiger partial charge is 0.268 e. The van der Waals surface area contributed by atoms with Gasteiger partial charge in [-0.3, -0.25) is 9.69 Å². The number of fused-ring (bicyclic) bond motifs is 1. The Morgan fingerprint density at radius 2 is 1.74 bits per heavy atom. The number of carbonyl (C=O) groups excluding carboxylic acids is 1. The lowest BCUT2D eigenvalue weighted by Crippen LogP contribution is -2.58. The number of likely N-dealkylation sites (tertiary alicyclic amines) is 1. The van der Waals surface area contributed by atoms with Gasteiger partial charge < -0.3 is 24.7 Å². The molecule has 58 heavy (non-hydrogen) atoms. The Balaban J connectivity index is 0.895. The maximum absolute atomic E-state index is 13.9. The van der Waals surface area contributed by atoms with Gasteiger partial charge in [0.15, 0.2) is 0 Å². The molecule has 3 N–H and O–H groups in total. The van der Waals surface area contributed by atoms with Crippen LogP contribution in [-0.4, -0.2) is 75.1 Å². The number of nitrogens with zero attached hydrogens (tertiary/aromatic N) is 3. The van der Waals surface area contributed by atoms with Crippen LogP contribution in [0.2, 0.25) is 0 Å². The molecule has 1 saturated carbocycles. The van der Waals surface area contributed by atoms with E-state index >= 15 is 0 Å². The molecule has 2 aromatic heterocycles. The first-order valence-corrected chi connectivity index (χ1v) is 22.5. The summed E-state index contributed by atoms with van der Waals surface area (Å²) in [5.74, 6) is 1.06. The summed E-state index contributed by atoms with van der Waals surface area (Å²) >= 11 is 0. The minimum Gasteiger partial charge on any atom is -0.455 e. The number of aromatic nitrogens is 2. The number of piperidine rings is 1. The number of amides is 1. The van der Waals surface area contributed by atoms with Gasteiger partial charge in [0.2, 0.25) is 0 Å². The van der Waals surface area contributed by atoms with Crippen molar-refractivity contribution >= 4 is 38.3 Å². The van der Waals surface area contributed by atoms with Crippen molar-refractivity contribution < 1.29 is 22.7 Å². The SMILES string of the molecule is Cc1cc(S(=O)(=O)NC(=O)c2ccc(N3CCC(CN4CC5(CCCC5)C4c4ccccc4)CC3)cc2Oc2cnc3[nH]ccc3c2)ccc1NCC1CCOCC1. The van der Waals surface area contributed by atoms with Crippen molar-refractivity contribution in [2.24, 2.45) is 17.3 Å². The van der Waals surface area contributed by atoms with E-state index in [-0.39, 0.29) is 16.2 Å². The average Bonchev–Trinajstić information content (AvgIpc) is 3.92. The quantitative estimate of drug-likeness (QED) is 0.114. The lowest BCUT2D eigenvalue weighted by molar-refractivity contribution is -0.0832. The number of anilines is 2. The second-order valence-electron chi connectivity index (χ2n) is 17.0. The van der Waals surface area contributed by atoms with Crippen LogP contribution < -0.4 is 19.7 Å². The summed E-state index contributed by atoms with van der Waals surface area (Å²) < 4.78 is 41.5. The van der Waals surface area contributed by atoms with E-state index in [1.807, 2.05) is 37.4 Å². The summed E-state index contributed by atoms with van der Waals surface area (Å²) in [7, 11) is -4.20. The van der Waals surface area contributed by atoms with E-state index in [1.54, 1.807) is 24.4 Å². The predicted octanol–water partition coefficient (Wildman–Crippen LogP) is 8.45. The third kappa shape index (κ3) is 8.06. The fraction of sp³-hybridized carbons (Fsp3) is 0.435. The number of hydrogen-bond acceptors (Lipinski definition) is 9. The third-order valence-corrected chi connectivity index (χ3v) is 14.4. The van der Waals surface area contributed by atoms with Crippen molar-refractivity contribution in [1.82, 2.24) is 19.6 Å². The van der Waals surface area contributed by atoms with E-state index in [4.69, 9.17) is 9.47 Å². The number of carbonyl (C=O) groups is 1. The van der Waals surface area contributed by atoms with Crippen molar-refractivity contribution in [1.29, 1.82) is 0 Å². The van der Waals surface area contributed by atoms with Crippen LogP contribution >= 0.6 is 0 Å². The molecule has 0 bridgehead atoms. The highest BCUT2D eigenvalue weighted by atomic mass is 32.2. The summed E-state index contributed by atoms with van der Waals surface area (Å²) in [6, 6.07) is 25.7. The molecule has 1 aliphatic carbocycles. The van der Waals surface area contributed by atoms with E-state index in [1.165, 1.54) is 43.9 Å². The van der Waals surface area contributed by atoms with Gasteiger partial charge in [0.25, 0.3) is 15.9 Å². The highest BCUT2D eigenvalue weighted by molar-refractivity contribution is 7.90. The summed E-state index contributed by atoms with van der Waals surface area (Å²) in [5, 5.41) is 4.33. The van der Waals surface area contributed by atoms with Gasteiger partial charge in [0.05, 0.1) is 16.7 Å². The molecule has 4 fully saturated rings. The lowest BCUT2D eigenvalue weighted by atomic mass is 9.67. The van der Waals surface area contributed by atoms with Crippen molar-refractivity contribution in [3.63, 3.8) is 0 Å². The number of rotatable bonds is 12. The van der Waals surface area contributed by atoms with Crippen LogP contribution in [0.1, 0.15) is 78.9 Å². The number of benzene rings is 3. The first-order valence-electron chi connectivity index (χ1n) is 21.0. The molecule has 1 amide bonds. The molecule has 1 unspecified atom stereocenters. The van der Waals surface area contributed by atoms with Gasteiger partial charge in [-0.25, -0.2) is 18.1 Å². The fourth-order valence-electron chi connectivity index (χ4n) is 9.97. The van der Waals surface area contributed by atoms with Crippen LogP contribution in [0.15, 0.2) is 96.2 Å². The van der Waals surface area contributed by atoms with Gasteiger partial charge >= 0.3 is 0 Å². The monoisotopic (exact) mass is 802 g/mol. The molecule has 1 spiro atoms. The Hall–Kier alpha value is -4.91. The molecule has 1 atom stereocenters. The number of pyridine rings is 1. The minimum atomic E-state index is -4.20. The van der Waals surface area contributed by atoms with E-state index in [2.05, 4.69) is 60.1 Å². The van der Waals surface area contributed by atoms with Crippen molar-refractivity contribution in [2.45, 2.75) is 69.2 Å². The predicted molar refractivity (Wildman–Crippen MR) is 227 cm³/mol. The van der Waals surface area contributed by atoms with E-state index in [0.29, 0.717) is 29.0 Å². The minimum absolute atomic E-state index is 0.0192. The molecule has 304 valence electrons. The number of H-pyrrole nitrogens is 1. The Labute approximate surface area is 341 Å². The van der Waals surface area contributed by atoms with Crippen LogP contribution in [0.3, 0.4) is 0 Å². The van der Waals surface area contributed by atoms with E-state index < -0.39 is 15.9 Å². The van der Waals surface area contributed by atoms with Gasteiger partial charge in [-0.05, 0) is 111 Å². The summed E-state index contributed by atoms with van der Waals surface area (Å²) in [6.07, 6.45) is 12.9. The maximum Gasteiger partial charge on any atom is 0.268 e. The molecular weight excluding hydrogens is 749 g/mol. The number of nitrogens with one attached hydrogen (secondary N) is 3. The molecule has 11 nitrogen and oxygen atoms in total. The Bertz CT molecular complexity index is 2350. The largest absolute Gasteiger partial charge is 0.455 e. The number of sulfonamides is 1. The van der Waals surface area contributed by atoms with Crippen LogP contribution in [0, 0.1) is 24.2 Å². The molecule has 0 radical (unpaired) electrons. The maximum atomic E-state index is 13.9. The van der Waals surface area contributed by atoms with Gasteiger partial charge in [-0.15, -0.1) is 0 Å². The summed E-state index contributed by atoms with van der Waals surface area (Å²) in [5.41, 5.74) is 5.33. The van der Waals surface area contributed by atoms with Crippen molar-refractivity contribution in [2.75, 3.05) is 56.2 Å². The Kier molecular flexibility index (Phi) is 10.9. The van der Waals surface area contributed by atoms with Gasteiger partial charge in [0.1, 0.15) is 17.1 Å². The zero-order valence-corrected chi connectivity index (χ0v) is 34.1. The van der Waals surface area contributed by atoms with E-state index in [9.17, 15) is 13.2 Å². The molecule has 5 heterocycles. The van der Waals surface area contributed by atoms with Gasteiger partial charge in [-0.1, -0.05) is 43.2 Å². The van der Waals surface area contributed by atoms with E-state index in [0.717, 1.165) is 93.0 Å². The molecule has 5 aromatic rings. The van der Waals surface area contributed by atoms with Crippen LogP contribution in [0.5, 0.6) is 11.5 Å². The lowest BCUT2D eigenvalue weighted by Gasteiger charge is -2.58. The molecule has 4 aliphatic rings. The van der Waals surface area contributed by atoms with Crippen LogP contribution in [-0.2, 0) is 14.8 Å². The molecule has 12 heteroatoms. The van der Waals surface area contributed by atoms with Gasteiger partial charge in [0, 0.05) is 86.4 Å². The Morgan fingerprint density at radius 1 is 0.948 bits per heavy atom. The van der Waals surface area contributed by atoms with Crippen LogP contribution in [0.4, 0.5) is 11.4 Å². The number of aryl methyl sites for hydroxylation is 1. The molecule has 3 saturated heterocycles. The van der Waals surface area contributed by atoms with Gasteiger partial charge in [-0.2, -0.15) is 0 Å². The Morgan fingerprint density at radius 3 is 2.52 bits per heavy atom. The van der Waals surface area contributed by atoms with Crippen LogP contribution in [0.25, 0.3) is 11.0 Å². The first kappa shape index (κ1) is 38.6. The highest BCUT2D eigenvalue weighted by Crippen LogP contribution is 2.58. The molecule has 9 rings (SSSR count). The highest BCUT2D eigenvalue weighted by Gasteiger charge is 2.54. The topological polar surface area (TPSA) is 129 Å². The normalized spacial score (nSPS) is 20.3. The second kappa shape index (κ2) is 16.4. The molecule has 3 aromatic carbocycles. The summed E-state index contributed by atoms with van der Waals surface area (Å²) in [4.78, 5) is 26.6. The zero-order valence-electron chi connectivity index (χ0n) is 33.3. The zero-order chi connectivity index (χ0) is 39.7. The van der Waals surface area contributed by atoms with Crippen molar-refractivity contribution in [3.05, 3.63) is 108 Å².